The molecule has 0 aliphatic carbocycles. The Labute approximate surface area is 131 Å². The second kappa shape index (κ2) is 7.24. The largest absolute Gasteiger partial charge is 0.348 e. The van der Waals surface area contributed by atoms with Gasteiger partial charge in [0, 0.05) is 24.4 Å². The Hall–Kier alpha value is -1.11. The molecule has 1 aromatic rings. The van der Waals surface area contributed by atoms with E-state index < -0.39 is 9.84 Å². The molecule has 1 aromatic carbocycles. The van der Waals surface area contributed by atoms with Gasteiger partial charge in [-0.3, -0.25) is 4.79 Å². The van der Waals surface area contributed by atoms with E-state index in [1.54, 1.807) is 13.0 Å². The monoisotopic (exact) mass is 332 g/mol. The number of hydrogen-bond donors (Lipinski definition) is 2. The van der Waals surface area contributed by atoms with Crippen molar-refractivity contribution in [3.63, 3.8) is 0 Å². The maximum atomic E-state index is 12.3. The van der Waals surface area contributed by atoms with Crippen LogP contribution >= 0.6 is 12.4 Å². The first kappa shape index (κ1) is 17.9. The van der Waals surface area contributed by atoms with Gasteiger partial charge in [-0.1, -0.05) is 6.07 Å². The van der Waals surface area contributed by atoms with Crippen LogP contribution in [0.2, 0.25) is 0 Å². The van der Waals surface area contributed by atoms with E-state index in [-0.39, 0.29) is 29.3 Å². The van der Waals surface area contributed by atoms with Crippen LogP contribution in [0.3, 0.4) is 0 Å². The van der Waals surface area contributed by atoms with E-state index in [0.29, 0.717) is 5.56 Å². The Morgan fingerprint density at radius 2 is 2.10 bits per heavy atom. The van der Waals surface area contributed by atoms with Crippen molar-refractivity contribution in [1.82, 2.24) is 10.6 Å². The molecule has 0 spiro atoms. The highest BCUT2D eigenvalue weighted by Crippen LogP contribution is 2.16. The molecule has 0 bridgehead atoms. The fourth-order valence-corrected chi connectivity index (χ4v) is 2.96. The number of piperidine rings is 1. The van der Waals surface area contributed by atoms with Gasteiger partial charge in [0.25, 0.3) is 5.91 Å². The van der Waals surface area contributed by atoms with E-state index in [4.69, 9.17) is 0 Å². The zero-order valence-electron chi connectivity index (χ0n) is 12.2. The van der Waals surface area contributed by atoms with E-state index >= 15 is 0 Å². The third-order valence-electron chi connectivity index (χ3n) is 3.51. The van der Waals surface area contributed by atoms with Crippen LogP contribution in [0, 0.1) is 6.92 Å². The summed E-state index contributed by atoms with van der Waals surface area (Å²) in [5, 5.41) is 6.19. The van der Waals surface area contributed by atoms with Crippen molar-refractivity contribution < 1.29 is 13.2 Å². The minimum Gasteiger partial charge on any atom is -0.348 e. The summed E-state index contributed by atoms with van der Waals surface area (Å²) in [6.07, 6.45) is 3.13. The molecule has 1 aliphatic rings. The smallest absolute Gasteiger partial charge is 0.251 e. The summed E-state index contributed by atoms with van der Waals surface area (Å²) in [6.45, 7) is 3.55. The van der Waals surface area contributed by atoms with E-state index in [2.05, 4.69) is 10.6 Å². The van der Waals surface area contributed by atoms with Crippen LogP contribution in [-0.4, -0.2) is 39.7 Å². The molecule has 1 saturated heterocycles. The maximum absolute atomic E-state index is 12.3. The molecule has 118 valence electrons. The van der Waals surface area contributed by atoms with Crippen molar-refractivity contribution in [1.29, 1.82) is 0 Å². The van der Waals surface area contributed by atoms with Crippen molar-refractivity contribution in [2.24, 2.45) is 0 Å². The first-order valence-corrected chi connectivity index (χ1v) is 8.59. The van der Waals surface area contributed by atoms with Crippen LogP contribution < -0.4 is 10.6 Å². The van der Waals surface area contributed by atoms with Gasteiger partial charge in [-0.2, -0.15) is 0 Å². The van der Waals surface area contributed by atoms with Gasteiger partial charge >= 0.3 is 0 Å². The lowest BCUT2D eigenvalue weighted by molar-refractivity contribution is 0.0930. The van der Waals surface area contributed by atoms with E-state index in [1.165, 1.54) is 12.1 Å². The highest BCUT2D eigenvalue weighted by Gasteiger charge is 2.19. The van der Waals surface area contributed by atoms with Crippen LogP contribution in [0.5, 0.6) is 0 Å². The molecule has 1 amide bonds. The minimum atomic E-state index is -3.30. The Morgan fingerprint density at radius 1 is 1.38 bits per heavy atom. The number of amides is 1. The number of rotatable bonds is 3. The first-order valence-electron chi connectivity index (χ1n) is 6.70. The summed E-state index contributed by atoms with van der Waals surface area (Å²) >= 11 is 0. The predicted octanol–water partition coefficient (Wildman–Crippen LogP) is 1.30. The zero-order valence-corrected chi connectivity index (χ0v) is 13.8. The highest BCUT2D eigenvalue weighted by molar-refractivity contribution is 7.90. The van der Waals surface area contributed by atoms with Crippen LogP contribution in [0.25, 0.3) is 0 Å². The molecule has 7 heteroatoms. The van der Waals surface area contributed by atoms with Crippen molar-refractivity contribution in [2.75, 3.05) is 19.3 Å². The fraction of sp³-hybridized carbons (Fsp3) is 0.500. The fourth-order valence-electron chi connectivity index (χ4n) is 2.31. The standard InChI is InChI=1S/C14H20N2O3S.ClH/c1-10-5-6-12(20(2,18)19)8-13(10)14(17)16-11-4-3-7-15-9-11;/h5-6,8,11,15H,3-4,7,9H2,1-2H3,(H,16,17);1H/t11-;/m0./s1. The van der Waals surface area contributed by atoms with Crippen LogP contribution in [0.1, 0.15) is 28.8 Å². The third-order valence-corrected chi connectivity index (χ3v) is 4.62. The summed E-state index contributed by atoms with van der Waals surface area (Å²) in [5.41, 5.74) is 1.21. The van der Waals surface area contributed by atoms with Crippen molar-refractivity contribution >= 4 is 28.2 Å². The number of nitrogens with one attached hydrogen (secondary N) is 2. The molecule has 21 heavy (non-hydrogen) atoms. The van der Waals surface area contributed by atoms with Crippen molar-refractivity contribution in [2.45, 2.75) is 30.7 Å². The molecule has 5 nitrogen and oxygen atoms in total. The molecule has 0 unspecified atom stereocenters. The van der Waals surface area contributed by atoms with Gasteiger partial charge in [0.1, 0.15) is 0 Å². The summed E-state index contributed by atoms with van der Waals surface area (Å²) in [5.74, 6) is -0.207. The van der Waals surface area contributed by atoms with Gasteiger partial charge in [0.2, 0.25) is 0 Å². The minimum absolute atomic E-state index is 0. The highest BCUT2D eigenvalue weighted by atomic mass is 35.5. The van der Waals surface area contributed by atoms with Gasteiger partial charge in [-0.05, 0) is 44.0 Å². The predicted molar refractivity (Wildman–Crippen MR) is 84.9 cm³/mol. The summed E-state index contributed by atoms with van der Waals surface area (Å²) < 4.78 is 23.1. The van der Waals surface area contributed by atoms with E-state index in [1.807, 2.05) is 0 Å². The molecule has 2 N–H and O–H groups in total. The molecular formula is C14H21ClN2O3S. The maximum Gasteiger partial charge on any atom is 0.251 e. The normalized spacial score (nSPS) is 18.7. The number of hydrogen-bond acceptors (Lipinski definition) is 4. The summed E-state index contributed by atoms with van der Waals surface area (Å²) in [4.78, 5) is 12.5. The molecule has 1 heterocycles. The SMILES string of the molecule is Cc1ccc(S(C)(=O)=O)cc1C(=O)N[C@H]1CCCNC1.Cl. The topological polar surface area (TPSA) is 75.3 Å². The second-order valence-corrected chi connectivity index (χ2v) is 7.28. The lowest BCUT2D eigenvalue weighted by Crippen LogP contribution is -2.45. The van der Waals surface area contributed by atoms with Crippen LogP contribution in [0.4, 0.5) is 0 Å². The summed E-state index contributed by atoms with van der Waals surface area (Å²) in [7, 11) is -3.30. The average Bonchev–Trinajstić information content (AvgIpc) is 2.39. The summed E-state index contributed by atoms with van der Waals surface area (Å²) in [6, 6.07) is 4.77. The van der Waals surface area contributed by atoms with Crippen LogP contribution in [-0.2, 0) is 9.84 Å². The lowest BCUT2D eigenvalue weighted by Gasteiger charge is -2.24. The van der Waals surface area contributed by atoms with Gasteiger partial charge in [0.15, 0.2) is 9.84 Å². The Balaban J connectivity index is 0.00000220. The number of aryl methyl sites for hydroxylation is 1. The number of benzene rings is 1. The van der Waals surface area contributed by atoms with Crippen molar-refractivity contribution in [3.05, 3.63) is 29.3 Å². The average molecular weight is 333 g/mol. The first-order chi connectivity index (χ1) is 9.38. The molecule has 1 aliphatic heterocycles. The Morgan fingerprint density at radius 3 is 2.67 bits per heavy atom. The van der Waals surface area contributed by atoms with Gasteiger partial charge < -0.3 is 10.6 Å². The molecule has 0 saturated carbocycles. The molecular weight excluding hydrogens is 312 g/mol. The molecule has 2 rings (SSSR count). The van der Waals surface area contributed by atoms with Crippen LogP contribution in [0.15, 0.2) is 23.1 Å². The molecule has 0 aromatic heterocycles. The quantitative estimate of drug-likeness (QED) is 0.875. The molecule has 0 radical (unpaired) electrons. The number of carbonyl (C=O) groups is 1. The molecule has 1 fully saturated rings. The number of sulfone groups is 1. The number of carbonyl (C=O) groups excluding carboxylic acids is 1. The Bertz CT molecular complexity index is 611. The molecule has 1 atom stereocenters. The Kier molecular flexibility index (Phi) is 6.19. The second-order valence-electron chi connectivity index (χ2n) is 5.27. The number of halogens is 1. The van der Waals surface area contributed by atoms with Crippen molar-refractivity contribution in [3.8, 4) is 0 Å². The third kappa shape index (κ3) is 4.69. The van der Waals surface area contributed by atoms with Gasteiger partial charge in [-0.25, -0.2) is 8.42 Å². The van der Waals surface area contributed by atoms with E-state index in [0.717, 1.165) is 37.8 Å². The van der Waals surface area contributed by atoms with Gasteiger partial charge in [0.05, 0.1) is 4.90 Å². The lowest BCUT2D eigenvalue weighted by atomic mass is 10.1. The van der Waals surface area contributed by atoms with E-state index in [9.17, 15) is 13.2 Å². The van der Waals surface area contributed by atoms with Gasteiger partial charge in [-0.15, -0.1) is 12.4 Å². The zero-order chi connectivity index (χ0) is 14.8.